The Morgan fingerprint density at radius 2 is 2.10 bits per heavy atom. The Morgan fingerprint density at radius 1 is 1.38 bits per heavy atom. The van der Waals surface area contributed by atoms with Gasteiger partial charge in [-0.1, -0.05) is 6.92 Å². The van der Waals surface area contributed by atoms with Gasteiger partial charge >= 0.3 is 0 Å². The van der Waals surface area contributed by atoms with Gasteiger partial charge in [0.1, 0.15) is 5.54 Å². The van der Waals surface area contributed by atoms with E-state index in [1.54, 1.807) is 7.11 Å². The van der Waals surface area contributed by atoms with Gasteiger partial charge in [0.2, 0.25) is 0 Å². The molecule has 2 unspecified atom stereocenters. The summed E-state index contributed by atoms with van der Waals surface area (Å²) in [6.45, 7) is 9.46. The molecule has 1 N–H and O–H groups in total. The van der Waals surface area contributed by atoms with Gasteiger partial charge in [-0.25, -0.2) is 0 Å². The fourth-order valence-corrected chi connectivity index (χ4v) is 2.65. The molecule has 122 valence electrons. The summed E-state index contributed by atoms with van der Waals surface area (Å²) in [7, 11) is 1.76. The van der Waals surface area contributed by atoms with Gasteiger partial charge in [0.25, 0.3) is 0 Å². The molecule has 2 atom stereocenters. The molecule has 0 aromatic heterocycles. The number of unbranched alkanes of at least 4 members (excludes halogenated alkanes) is 1. The highest BCUT2D eigenvalue weighted by Gasteiger charge is 2.31. The number of nitriles is 1. The molecule has 4 nitrogen and oxygen atoms in total. The quantitative estimate of drug-likeness (QED) is 0.562. The number of hydrogen-bond acceptors (Lipinski definition) is 4. The number of nitrogens with one attached hydrogen (secondary N) is 1. The minimum Gasteiger partial charge on any atom is -0.383 e. The van der Waals surface area contributed by atoms with Gasteiger partial charge in [0.15, 0.2) is 0 Å². The minimum atomic E-state index is -0.338. The second-order valence-electron chi connectivity index (χ2n) is 6.61. The van der Waals surface area contributed by atoms with E-state index in [0.29, 0.717) is 12.1 Å². The third-order valence-electron chi connectivity index (χ3n) is 4.52. The van der Waals surface area contributed by atoms with Crippen LogP contribution in [0.2, 0.25) is 0 Å². The Morgan fingerprint density at radius 3 is 2.62 bits per heavy atom. The normalized spacial score (nSPS) is 19.2. The summed E-state index contributed by atoms with van der Waals surface area (Å²) < 4.78 is 5.20. The second-order valence-corrected chi connectivity index (χ2v) is 6.61. The zero-order chi connectivity index (χ0) is 15.7. The van der Waals surface area contributed by atoms with Crippen LogP contribution in [0.25, 0.3) is 0 Å². The van der Waals surface area contributed by atoms with Gasteiger partial charge in [-0.15, -0.1) is 0 Å². The SMILES string of the molecule is CCC(C)N(CCCCC(C)(C#N)NC1CC1)CCOC. The number of ether oxygens (including phenoxy) is 1. The van der Waals surface area contributed by atoms with E-state index >= 15 is 0 Å². The van der Waals surface area contributed by atoms with Crippen LogP contribution >= 0.6 is 0 Å². The van der Waals surface area contributed by atoms with Crippen molar-refractivity contribution in [3.8, 4) is 6.07 Å². The first-order chi connectivity index (χ1) is 10.0. The van der Waals surface area contributed by atoms with Crippen molar-refractivity contribution in [1.82, 2.24) is 10.2 Å². The summed E-state index contributed by atoms with van der Waals surface area (Å²) >= 11 is 0. The monoisotopic (exact) mass is 295 g/mol. The standard InChI is InChI=1S/C17H33N3O/c1-5-15(2)20(12-13-21-4)11-7-6-10-17(3,14-18)19-16-8-9-16/h15-16,19H,5-13H2,1-4H3. The smallest absolute Gasteiger partial charge is 0.104 e. The zero-order valence-electron chi connectivity index (χ0n) is 14.3. The van der Waals surface area contributed by atoms with Crippen LogP contribution in [0, 0.1) is 11.3 Å². The zero-order valence-corrected chi connectivity index (χ0v) is 14.3. The van der Waals surface area contributed by atoms with Crippen molar-refractivity contribution in [2.75, 3.05) is 26.8 Å². The van der Waals surface area contributed by atoms with Crippen LogP contribution in [0.4, 0.5) is 0 Å². The van der Waals surface area contributed by atoms with Crippen LogP contribution in [0.15, 0.2) is 0 Å². The van der Waals surface area contributed by atoms with Gasteiger partial charge < -0.3 is 4.74 Å². The minimum absolute atomic E-state index is 0.338. The van der Waals surface area contributed by atoms with Crippen LogP contribution in [0.1, 0.15) is 59.3 Å². The van der Waals surface area contributed by atoms with Crippen LogP contribution < -0.4 is 5.32 Å². The molecule has 0 radical (unpaired) electrons. The molecule has 0 aromatic carbocycles. The number of methoxy groups -OCH3 is 1. The molecular formula is C17H33N3O. The third-order valence-corrected chi connectivity index (χ3v) is 4.52. The summed E-state index contributed by atoms with van der Waals surface area (Å²) in [5, 5.41) is 12.9. The van der Waals surface area contributed by atoms with E-state index in [9.17, 15) is 5.26 Å². The molecule has 0 saturated heterocycles. The molecule has 0 aliphatic heterocycles. The van der Waals surface area contributed by atoms with E-state index in [-0.39, 0.29) is 5.54 Å². The molecule has 1 rings (SSSR count). The molecule has 0 spiro atoms. The molecule has 1 aliphatic rings. The van der Waals surface area contributed by atoms with Crippen LogP contribution in [0.5, 0.6) is 0 Å². The van der Waals surface area contributed by atoms with Gasteiger partial charge in [-0.2, -0.15) is 5.26 Å². The van der Waals surface area contributed by atoms with Crippen molar-refractivity contribution >= 4 is 0 Å². The number of rotatable bonds is 12. The van der Waals surface area contributed by atoms with Crippen molar-refractivity contribution in [2.24, 2.45) is 0 Å². The molecule has 21 heavy (non-hydrogen) atoms. The lowest BCUT2D eigenvalue weighted by Gasteiger charge is -2.29. The number of nitrogens with zero attached hydrogens (tertiary/aromatic N) is 2. The molecule has 1 fully saturated rings. The lowest BCUT2D eigenvalue weighted by molar-refractivity contribution is 0.121. The molecule has 1 saturated carbocycles. The van der Waals surface area contributed by atoms with Gasteiger partial charge in [-0.3, -0.25) is 10.2 Å². The first kappa shape index (κ1) is 18.4. The highest BCUT2D eigenvalue weighted by atomic mass is 16.5. The van der Waals surface area contributed by atoms with Crippen molar-refractivity contribution in [3.63, 3.8) is 0 Å². The fraction of sp³-hybridized carbons (Fsp3) is 0.941. The van der Waals surface area contributed by atoms with Crippen molar-refractivity contribution in [2.45, 2.75) is 76.9 Å². The van der Waals surface area contributed by atoms with Gasteiger partial charge in [0, 0.05) is 25.7 Å². The maximum Gasteiger partial charge on any atom is 0.104 e. The average Bonchev–Trinajstić information content (AvgIpc) is 3.29. The first-order valence-electron chi connectivity index (χ1n) is 8.46. The molecule has 1 aliphatic carbocycles. The van der Waals surface area contributed by atoms with Crippen molar-refractivity contribution in [3.05, 3.63) is 0 Å². The maximum atomic E-state index is 9.37. The molecule has 0 bridgehead atoms. The van der Waals surface area contributed by atoms with E-state index in [0.717, 1.165) is 39.0 Å². The lowest BCUT2D eigenvalue weighted by Crippen LogP contribution is -2.42. The van der Waals surface area contributed by atoms with E-state index in [4.69, 9.17) is 4.74 Å². The summed E-state index contributed by atoms with van der Waals surface area (Å²) in [5.74, 6) is 0. The van der Waals surface area contributed by atoms with Crippen molar-refractivity contribution in [1.29, 1.82) is 5.26 Å². The highest BCUT2D eigenvalue weighted by molar-refractivity contribution is 5.06. The molecule has 0 amide bonds. The second kappa shape index (κ2) is 9.40. The number of hydrogen-bond donors (Lipinski definition) is 1. The van der Waals surface area contributed by atoms with E-state index in [1.807, 2.05) is 6.92 Å². The average molecular weight is 295 g/mol. The summed E-state index contributed by atoms with van der Waals surface area (Å²) in [6, 6.07) is 3.66. The fourth-order valence-electron chi connectivity index (χ4n) is 2.65. The molecular weight excluding hydrogens is 262 g/mol. The van der Waals surface area contributed by atoms with Crippen LogP contribution in [-0.4, -0.2) is 49.3 Å². The lowest BCUT2D eigenvalue weighted by atomic mass is 9.96. The Kier molecular flexibility index (Phi) is 8.24. The Hall–Kier alpha value is -0.630. The topological polar surface area (TPSA) is 48.3 Å². The van der Waals surface area contributed by atoms with Crippen LogP contribution in [-0.2, 0) is 4.74 Å². The van der Waals surface area contributed by atoms with Gasteiger partial charge in [0.05, 0.1) is 12.7 Å². The predicted octanol–water partition coefficient (Wildman–Crippen LogP) is 2.94. The first-order valence-corrected chi connectivity index (χ1v) is 8.46. The Bertz CT molecular complexity index is 324. The largest absolute Gasteiger partial charge is 0.383 e. The third kappa shape index (κ3) is 7.26. The summed E-state index contributed by atoms with van der Waals surface area (Å²) in [5.41, 5.74) is -0.338. The van der Waals surface area contributed by atoms with E-state index in [2.05, 4.69) is 30.1 Å². The summed E-state index contributed by atoms with van der Waals surface area (Å²) in [6.07, 6.45) is 6.83. The Balaban J connectivity index is 2.26. The van der Waals surface area contributed by atoms with E-state index in [1.165, 1.54) is 19.3 Å². The molecule has 0 heterocycles. The Labute approximate surface area is 130 Å². The highest BCUT2D eigenvalue weighted by Crippen LogP contribution is 2.24. The predicted molar refractivity (Wildman–Crippen MR) is 87.2 cm³/mol. The molecule has 4 heteroatoms. The molecule has 0 aromatic rings. The van der Waals surface area contributed by atoms with E-state index < -0.39 is 0 Å². The summed E-state index contributed by atoms with van der Waals surface area (Å²) in [4.78, 5) is 2.50. The van der Waals surface area contributed by atoms with Gasteiger partial charge in [-0.05, 0) is 58.9 Å². The van der Waals surface area contributed by atoms with Crippen LogP contribution in [0.3, 0.4) is 0 Å². The maximum absolute atomic E-state index is 9.37. The van der Waals surface area contributed by atoms with Crippen molar-refractivity contribution < 1.29 is 4.74 Å².